The fourth-order valence-corrected chi connectivity index (χ4v) is 2.74. The summed E-state index contributed by atoms with van der Waals surface area (Å²) in [5.74, 6) is 3.59. The molecule has 0 aromatic rings. The molecule has 1 aliphatic rings. The number of allylic oxidation sites excluding steroid dienone is 2. The molecule has 0 aromatic heterocycles. The van der Waals surface area contributed by atoms with Crippen molar-refractivity contribution in [2.24, 2.45) is 23.7 Å². The Labute approximate surface area is 105 Å². The summed E-state index contributed by atoms with van der Waals surface area (Å²) in [6.45, 7) is 9.29. The predicted molar refractivity (Wildman–Crippen MR) is 70.3 cm³/mol. The van der Waals surface area contributed by atoms with Gasteiger partial charge in [-0.15, -0.1) is 0 Å². The van der Waals surface area contributed by atoms with Gasteiger partial charge in [0.2, 0.25) is 0 Å². The number of hydrogen-bond acceptors (Lipinski definition) is 1. The van der Waals surface area contributed by atoms with Gasteiger partial charge in [0.15, 0.2) is 0 Å². The van der Waals surface area contributed by atoms with Crippen molar-refractivity contribution in [2.75, 3.05) is 0 Å². The quantitative estimate of drug-likeness (QED) is 0.701. The van der Waals surface area contributed by atoms with Crippen LogP contribution in [0.5, 0.6) is 0 Å². The Kier molecular flexibility index (Phi) is 7.68. The Hall–Kier alpha value is -0.990. The summed E-state index contributed by atoms with van der Waals surface area (Å²) >= 11 is 0. The summed E-state index contributed by atoms with van der Waals surface area (Å²) in [6, 6.07) is 0. The molecular formula is C14H26O3. The van der Waals surface area contributed by atoms with Gasteiger partial charge in [-0.05, 0) is 43.4 Å². The third-order valence-electron chi connectivity index (χ3n) is 3.51. The van der Waals surface area contributed by atoms with Crippen LogP contribution in [0.3, 0.4) is 0 Å². The molecule has 0 spiro atoms. The van der Waals surface area contributed by atoms with Crippen LogP contribution in [0.4, 0.5) is 4.79 Å². The van der Waals surface area contributed by atoms with Crippen LogP contribution in [-0.4, -0.2) is 16.4 Å². The van der Waals surface area contributed by atoms with Crippen molar-refractivity contribution in [1.29, 1.82) is 0 Å². The topological polar surface area (TPSA) is 57.5 Å². The molecule has 3 unspecified atom stereocenters. The van der Waals surface area contributed by atoms with Crippen molar-refractivity contribution in [3.8, 4) is 0 Å². The molecule has 0 aliphatic heterocycles. The highest BCUT2D eigenvalue weighted by atomic mass is 16.6. The molecule has 1 saturated carbocycles. The van der Waals surface area contributed by atoms with E-state index in [4.69, 9.17) is 15.0 Å². The van der Waals surface area contributed by atoms with Gasteiger partial charge >= 0.3 is 6.16 Å². The maximum Gasteiger partial charge on any atom is 0.503 e. The second kappa shape index (κ2) is 8.15. The first-order valence-corrected chi connectivity index (χ1v) is 6.43. The minimum atomic E-state index is -1.83. The average molecular weight is 242 g/mol. The maximum atomic E-state index is 8.56. The van der Waals surface area contributed by atoms with Crippen LogP contribution in [0.2, 0.25) is 0 Å². The lowest BCUT2D eigenvalue weighted by molar-refractivity contribution is 0.137. The molecule has 3 nitrogen and oxygen atoms in total. The lowest BCUT2D eigenvalue weighted by Crippen LogP contribution is -2.26. The fraction of sp³-hybridized carbons (Fsp3) is 0.786. The van der Waals surface area contributed by atoms with Gasteiger partial charge in [-0.1, -0.05) is 39.3 Å². The molecule has 100 valence electrons. The van der Waals surface area contributed by atoms with E-state index in [1.165, 1.54) is 19.3 Å². The molecule has 1 aliphatic carbocycles. The summed E-state index contributed by atoms with van der Waals surface area (Å²) in [5.41, 5.74) is 0. The van der Waals surface area contributed by atoms with Crippen LogP contribution < -0.4 is 0 Å². The van der Waals surface area contributed by atoms with Crippen molar-refractivity contribution < 1.29 is 15.0 Å². The number of rotatable bonds is 2. The van der Waals surface area contributed by atoms with E-state index >= 15 is 0 Å². The van der Waals surface area contributed by atoms with Crippen LogP contribution in [0.25, 0.3) is 0 Å². The maximum absolute atomic E-state index is 8.56. The molecule has 0 saturated heterocycles. The molecule has 0 heterocycles. The van der Waals surface area contributed by atoms with Crippen molar-refractivity contribution in [3.05, 3.63) is 12.2 Å². The van der Waals surface area contributed by atoms with Gasteiger partial charge in [-0.3, -0.25) is 0 Å². The van der Waals surface area contributed by atoms with E-state index in [0.717, 1.165) is 23.7 Å². The molecule has 3 heteroatoms. The number of carboxylic acid groups (broad SMARTS) is 2. The van der Waals surface area contributed by atoms with Gasteiger partial charge in [0.25, 0.3) is 0 Å². The average Bonchev–Trinajstić information content (AvgIpc) is 2.16. The summed E-state index contributed by atoms with van der Waals surface area (Å²) in [5, 5.41) is 13.9. The first kappa shape index (κ1) is 16.0. The van der Waals surface area contributed by atoms with Gasteiger partial charge in [0.1, 0.15) is 0 Å². The Morgan fingerprint density at radius 2 is 1.82 bits per heavy atom. The van der Waals surface area contributed by atoms with Gasteiger partial charge in [0, 0.05) is 0 Å². The summed E-state index contributed by atoms with van der Waals surface area (Å²) < 4.78 is 0. The van der Waals surface area contributed by atoms with E-state index in [1.54, 1.807) is 0 Å². The standard InChI is InChI=1S/C13H24.CH2O3/c1-5-6-12-9-11(4)7-8-13(12)10(2)3;2-1(3)4/h5-6,10-13H,7-9H2,1-4H3;(H2,2,3,4). The minimum absolute atomic E-state index is 0.855. The highest BCUT2D eigenvalue weighted by molar-refractivity contribution is 5.53. The lowest BCUT2D eigenvalue weighted by Gasteiger charge is -2.35. The third-order valence-corrected chi connectivity index (χ3v) is 3.51. The SMILES string of the molecule is CC=CC1CC(C)CCC1C(C)C.O=C(O)O. The zero-order chi connectivity index (χ0) is 13.4. The van der Waals surface area contributed by atoms with Crippen molar-refractivity contribution in [3.63, 3.8) is 0 Å². The second-order valence-electron chi connectivity index (χ2n) is 5.30. The van der Waals surface area contributed by atoms with E-state index in [9.17, 15) is 0 Å². The van der Waals surface area contributed by atoms with E-state index < -0.39 is 6.16 Å². The van der Waals surface area contributed by atoms with E-state index in [2.05, 4.69) is 39.8 Å². The number of carbonyl (C=O) groups is 1. The monoisotopic (exact) mass is 242 g/mol. The molecule has 0 bridgehead atoms. The zero-order valence-corrected chi connectivity index (χ0v) is 11.4. The van der Waals surface area contributed by atoms with Gasteiger partial charge in [-0.2, -0.15) is 0 Å². The second-order valence-corrected chi connectivity index (χ2v) is 5.30. The van der Waals surface area contributed by atoms with Crippen LogP contribution in [0, 0.1) is 23.7 Å². The van der Waals surface area contributed by atoms with Gasteiger partial charge in [-0.25, -0.2) is 4.79 Å². The van der Waals surface area contributed by atoms with Crippen molar-refractivity contribution in [1.82, 2.24) is 0 Å². The first-order chi connectivity index (χ1) is 7.88. The molecule has 1 rings (SSSR count). The highest BCUT2D eigenvalue weighted by Crippen LogP contribution is 2.38. The lowest BCUT2D eigenvalue weighted by atomic mass is 9.70. The van der Waals surface area contributed by atoms with Gasteiger partial charge in [0.05, 0.1) is 0 Å². The third kappa shape index (κ3) is 7.03. The molecule has 0 amide bonds. The van der Waals surface area contributed by atoms with Crippen LogP contribution in [0.15, 0.2) is 12.2 Å². The van der Waals surface area contributed by atoms with Crippen LogP contribution >= 0.6 is 0 Å². The minimum Gasteiger partial charge on any atom is -0.450 e. The summed E-state index contributed by atoms with van der Waals surface area (Å²) in [4.78, 5) is 8.56. The molecule has 3 atom stereocenters. The number of hydrogen-bond donors (Lipinski definition) is 2. The normalized spacial score (nSPS) is 28.9. The van der Waals surface area contributed by atoms with Gasteiger partial charge < -0.3 is 10.2 Å². The molecule has 0 aromatic carbocycles. The van der Waals surface area contributed by atoms with Crippen molar-refractivity contribution >= 4 is 6.16 Å². The molecule has 0 radical (unpaired) electrons. The Balaban J connectivity index is 0.000000557. The largest absolute Gasteiger partial charge is 0.503 e. The molecule has 17 heavy (non-hydrogen) atoms. The highest BCUT2D eigenvalue weighted by Gasteiger charge is 2.28. The molecule has 1 fully saturated rings. The zero-order valence-electron chi connectivity index (χ0n) is 11.4. The Bertz CT molecular complexity index is 242. The molecular weight excluding hydrogens is 216 g/mol. The van der Waals surface area contributed by atoms with Crippen LogP contribution in [-0.2, 0) is 0 Å². The van der Waals surface area contributed by atoms with Crippen LogP contribution in [0.1, 0.15) is 47.0 Å². The fourth-order valence-electron chi connectivity index (χ4n) is 2.74. The van der Waals surface area contributed by atoms with E-state index in [0.29, 0.717) is 0 Å². The Morgan fingerprint density at radius 3 is 2.24 bits per heavy atom. The Morgan fingerprint density at radius 1 is 1.29 bits per heavy atom. The summed E-state index contributed by atoms with van der Waals surface area (Å²) in [7, 11) is 0. The van der Waals surface area contributed by atoms with E-state index in [-0.39, 0.29) is 0 Å². The van der Waals surface area contributed by atoms with Crippen molar-refractivity contribution in [2.45, 2.75) is 47.0 Å². The smallest absolute Gasteiger partial charge is 0.450 e. The van der Waals surface area contributed by atoms with E-state index in [1.807, 2.05) is 0 Å². The molecule has 2 N–H and O–H groups in total. The first-order valence-electron chi connectivity index (χ1n) is 6.43. The predicted octanol–water partition coefficient (Wildman–Crippen LogP) is 4.49. The summed E-state index contributed by atoms with van der Waals surface area (Å²) in [6.07, 6.45) is 7.12.